The summed E-state index contributed by atoms with van der Waals surface area (Å²) in [5.74, 6) is 1.33. The average molecular weight is 339 g/mol. The van der Waals surface area contributed by atoms with E-state index < -0.39 is 11.7 Å². The Labute approximate surface area is 139 Å². The molecule has 1 N–H and O–H groups in total. The molecular weight excluding hydrogens is 319 g/mol. The molecule has 1 atom stereocenters. The van der Waals surface area contributed by atoms with E-state index >= 15 is 0 Å². The quantitative estimate of drug-likeness (QED) is 0.836. The van der Waals surface area contributed by atoms with Crippen molar-refractivity contribution in [3.8, 4) is 11.5 Å². The number of ether oxygens (including phenoxy) is 2. The van der Waals surface area contributed by atoms with Crippen molar-refractivity contribution in [2.75, 3.05) is 14.2 Å². The van der Waals surface area contributed by atoms with E-state index in [1.807, 2.05) is 19.1 Å². The summed E-state index contributed by atoms with van der Waals surface area (Å²) in [5.41, 5.74) is 0.862. The van der Waals surface area contributed by atoms with Gasteiger partial charge in [0.15, 0.2) is 0 Å². The normalized spacial score (nSPS) is 12.8. The molecule has 0 aliphatic rings. The van der Waals surface area contributed by atoms with Crippen molar-refractivity contribution < 1.29 is 22.6 Å². The van der Waals surface area contributed by atoms with E-state index in [-0.39, 0.29) is 6.04 Å². The van der Waals surface area contributed by atoms with Crippen LogP contribution in [0.25, 0.3) is 0 Å². The van der Waals surface area contributed by atoms with Gasteiger partial charge < -0.3 is 14.8 Å². The SMILES string of the molecule is COc1cc(CNC(C)c2cccc(C(F)(F)F)c2)cc(OC)c1. The average Bonchev–Trinajstić information content (AvgIpc) is 2.58. The zero-order valence-electron chi connectivity index (χ0n) is 13.8. The van der Waals surface area contributed by atoms with Gasteiger partial charge in [-0.05, 0) is 42.3 Å². The maximum Gasteiger partial charge on any atom is 0.416 e. The Morgan fingerprint density at radius 3 is 2.17 bits per heavy atom. The summed E-state index contributed by atoms with van der Waals surface area (Å²) in [6, 6.07) is 10.6. The maximum absolute atomic E-state index is 12.8. The van der Waals surface area contributed by atoms with Crippen LogP contribution in [0.15, 0.2) is 42.5 Å². The number of nitrogens with one attached hydrogen (secondary N) is 1. The molecule has 0 amide bonds. The molecular formula is C18H20F3NO2. The van der Waals surface area contributed by atoms with Gasteiger partial charge in [0.1, 0.15) is 11.5 Å². The molecule has 0 bridgehead atoms. The van der Waals surface area contributed by atoms with Crippen molar-refractivity contribution in [3.63, 3.8) is 0 Å². The number of benzene rings is 2. The number of halogens is 3. The molecule has 0 aliphatic carbocycles. The second kappa shape index (κ2) is 7.57. The first-order valence-electron chi connectivity index (χ1n) is 7.46. The molecule has 2 aromatic carbocycles. The Kier molecular flexibility index (Phi) is 5.72. The third-order valence-corrected chi connectivity index (χ3v) is 3.74. The lowest BCUT2D eigenvalue weighted by molar-refractivity contribution is -0.137. The van der Waals surface area contributed by atoms with E-state index in [1.165, 1.54) is 12.1 Å². The van der Waals surface area contributed by atoms with E-state index in [2.05, 4.69) is 5.32 Å². The third-order valence-electron chi connectivity index (χ3n) is 3.74. The zero-order chi connectivity index (χ0) is 17.7. The largest absolute Gasteiger partial charge is 0.497 e. The highest BCUT2D eigenvalue weighted by atomic mass is 19.4. The number of methoxy groups -OCH3 is 2. The van der Waals surface area contributed by atoms with E-state index in [9.17, 15) is 13.2 Å². The van der Waals surface area contributed by atoms with E-state index in [0.717, 1.165) is 11.6 Å². The molecule has 24 heavy (non-hydrogen) atoms. The summed E-state index contributed by atoms with van der Waals surface area (Å²) in [5, 5.41) is 3.22. The van der Waals surface area contributed by atoms with Gasteiger partial charge in [0.05, 0.1) is 19.8 Å². The van der Waals surface area contributed by atoms with Crippen LogP contribution in [-0.2, 0) is 12.7 Å². The minimum absolute atomic E-state index is 0.232. The van der Waals surface area contributed by atoms with Gasteiger partial charge in [-0.25, -0.2) is 0 Å². The molecule has 2 rings (SSSR count). The van der Waals surface area contributed by atoms with Crippen LogP contribution < -0.4 is 14.8 Å². The first kappa shape index (κ1) is 18.1. The fourth-order valence-electron chi connectivity index (χ4n) is 2.34. The lowest BCUT2D eigenvalue weighted by atomic mass is 10.0. The van der Waals surface area contributed by atoms with Gasteiger partial charge in [-0.1, -0.05) is 12.1 Å². The van der Waals surface area contributed by atoms with Crippen molar-refractivity contribution in [2.45, 2.75) is 25.7 Å². The number of hydrogen-bond acceptors (Lipinski definition) is 3. The van der Waals surface area contributed by atoms with Gasteiger partial charge in [-0.2, -0.15) is 13.2 Å². The number of hydrogen-bond donors (Lipinski definition) is 1. The van der Waals surface area contributed by atoms with Crippen LogP contribution in [-0.4, -0.2) is 14.2 Å². The number of alkyl halides is 3. The second-order valence-electron chi connectivity index (χ2n) is 5.45. The van der Waals surface area contributed by atoms with Gasteiger partial charge >= 0.3 is 6.18 Å². The predicted octanol–water partition coefficient (Wildman–Crippen LogP) is 4.57. The smallest absolute Gasteiger partial charge is 0.416 e. The molecule has 0 radical (unpaired) electrons. The minimum Gasteiger partial charge on any atom is -0.497 e. The van der Waals surface area contributed by atoms with Crippen molar-refractivity contribution in [2.24, 2.45) is 0 Å². The lowest BCUT2D eigenvalue weighted by Crippen LogP contribution is -2.19. The Morgan fingerprint density at radius 2 is 1.62 bits per heavy atom. The monoisotopic (exact) mass is 339 g/mol. The molecule has 0 spiro atoms. The van der Waals surface area contributed by atoms with Crippen molar-refractivity contribution in [3.05, 3.63) is 59.2 Å². The van der Waals surface area contributed by atoms with Crippen molar-refractivity contribution in [1.82, 2.24) is 5.32 Å². The summed E-state index contributed by atoms with van der Waals surface area (Å²) in [4.78, 5) is 0. The Morgan fingerprint density at radius 1 is 1.00 bits per heavy atom. The highest BCUT2D eigenvalue weighted by Gasteiger charge is 2.30. The van der Waals surface area contributed by atoms with Crippen LogP contribution >= 0.6 is 0 Å². The minimum atomic E-state index is -4.34. The van der Waals surface area contributed by atoms with Crippen LogP contribution in [0, 0.1) is 0 Å². The van der Waals surface area contributed by atoms with Crippen LogP contribution in [0.1, 0.15) is 29.7 Å². The fraction of sp³-hybridized carbons (Fsp3) is 0.333. The Balaban J connectivity index is 2.09. The Bertz CT molecular complexity index is 664. The first-order valence-corrected chi connectivity index (χ1v) is 7.46. The van der Waals surface area contributed by atoms with E-state index in [1.54, 1.807) is 26.4 Å². The van der Waals surface area contributed by atoms with Gasteiger partial charge in [-0.3, -0.25) is 0 Å². The van der Waals surface area contributed by atoms with Crippen molar-refractivity contribution in [1.29, 1.82) is 0 Å². The standard InChI is InChI=1S/C18H20F3NO2/c1-12(14-5-4-6-15(9-14)18(19,20)21)22-11-13-7-16(23-2)10-17(8-13)24-3/h4-10,12,22H,11H2,1-3H3. The maximum atomic E-state index is 12.8. The van der Waals surface area contributed by atoms with Crippen molar-refractivity contribution >= 4 is 0 Å². The zero-order valence-corrected chi connectivity index (χ0v) is 13.8. The number of rotatable bonds is 6. The van der Waals surface area contributed by atoms with Gasteiger partial charge in [0.25, 0.3) is 0 Å². The summed E-state index contributed by atoms with van der Waals surface area (Å²) in [6.45, 7) is 2.30. The molecule has 0 fully saturated rings. The van der Waals surface area contributed by atoms with Crippen LogP contribution in [0.3, 0.4) is 0 Å². The van der Waals surface area contributed by atoms with Crippen LogP contribution in [0.2, 0.25) is 0 Å². The molecule has 0 aromatic heterocycles. The molecule has 0 saturated heterocycles. The summed E-state index contributed by atoms with van der Waals surface area (Å²) in [6.07, 6.45) is -4.34. The third kappa shape index (κ3) is 4.64. The molecule has 0 heterocycles. The van der Waals surface area contributed by atoms with Gasteiger partial charge in [0, 0.05) is 18.7 Å². The van der Waals surface area contributed by atoms with Crippen LogP contribution in [0.4, 0.5) is 13.2 Å². The molecule has 2 aromatic rings. The molecule has 1 unspecified atom stereocenters. The predicted molar refractivity (Wildman–Crippen MR) is 86.2 cm³/mol. The molecule has 0 saturated carbocycles. The van der Waals surface area contributed by atoms with Gasteiger partial charge in [-0.15, -0.1) is 0 Å². The molecule has 0 aliphatic heterocycles. The molecule has 130 valence electrons. The summed E-state index contributed by atoms with van der Waals surface area (Å²) in [7, 11) is 3.13. The summed E-state index contributed by atoms with van der Waals surface area (Å²) < 4.78 is 48.8. The highest BCUT2D eigenvalue weighted by Crippen LogP contribution is 2.31. The molecule has 3 nitrogen and oxygen atoms in total. The van der Waals surface area contributed by atoms with Gasteiger partial charge in [0.2, 0.25) is 0 Å². The second-order valence-corrected chi connectivity index (χ2v) is 5.45. The molecule has 6 heteroatoms. The first-order chi connectivity index (χ1) is 11.3. The van der Waals surface area contributed by atoms with Crippen LogP contribution in [0.5, 0.6) is 11.5 Å². The van der Waals surface area contributed by atoms with E-state index in [0.29, 0.717) is 23.6 Å². The van der Waals surface area contributed by atoms with E-state index in [4.69, 9.17) is 9.47 Å². The Hall–Kier alpha value is -2.21. The summed E-state index contributed by atoms with van der Waals surface area (Å²) >= 11 is 0. The fourth-order valence-corrected chi connectivity index (χ4v) is 2.34. The topological polar surface area (TPSA) is 30.5 Å². The lowest BCUT2D eigenvalue weighted by Gasteiger charge is -2.17. The highest BCUT2D eigenvalue weighted by molar-refractivity contribution is 5.38.